The highest BCUT2D eigenvalue weighted by atomic mass is 79.9. The van der Waals surface area contributed by atoms with Crippen LogP contribution in [0, 0.1) is 0 Å². The second kappa shape index (κ2) is 5.35. The lowest BCUT2D eigenvalue weighted by molar-refractivity contribution is 0.628. The molecule has 0 bridgehead atoms. The highest BCUT2D eigenvalue weighted by Gasteiger charge is 2.12. The normalized spacial score (nSPS) is 12.6. The molecule has 0 radical (unpaired) electrons. The lowest BCUT2D eigenvalue weighted by Gasteiger charge is -2.30. The van der Waals surface area contributed by atoms with Gasteiger partial charge in [0.1, 0.15) is 0 Å². The molecule has 14 heavy (non-hydrogen) atoms. The van der Waals surface area contributed by atoms with Gasteiger partial charge >= 0.3 is 0 Å². The highest BCUT2D eigenvalue weighted by molar-refractivity contribution is 9.10. The molecule has 0 aliphatic carbocycles. The van der Waals surface area contributed by atoms with Gasteiger partial charge in [0.15, 0.2) is 0 Å². The first-order valence-corrected chi connectivity index (χ1v) is 5.86. The second-order valence-corrected chi connectivity index (χ2v) is 4.22. The lowest BCUT2D eigenvalue weighted by Crippen LogP contribution is -2.32. The van der Waals surface area contributed by atoms with E-state index in [2.05, 4.69) is 52.7 Å². The van der Waals surface area contributed by atoms with Gasteiger partial charge in [-0.05, 0) is 42.3 Å². The zero-order valence-electron chi connectivity index (χ0n) is 9.00. The minimum atomic E-state index is 0.568. The van der Waals surface area contributed by atoms with E-state index in [1.165, 1.54) is 5.69 Å². The molecule has 1 rings (SSSR count). The van der Waals surface area contributed by atoms with Crippen molar-refractivity contribution in [2.24, 2.45) is 0 Å². The Bertz CT molecular complexity index is 288. The molecule has 0 N–H and O–H groups in total. The molecule has 1 aromatic rings. The van der Waals surface area contributed by atoms with Gasteiger partial charge in [0.25, 0.3) is 0 Å². The van der Waals surface area contributed by atoms with Crippen molar-refractivity contribution in [3.05, 3.63) is 22.9 Å². The molecule has 1 heterocycles. The Morgan fingerprint density at radius 3 is 2.71 bits per heavy atom. The second-order valence-electron chi connectivity index (χ2n) is 3.37. The Morgan fingerprint density at radius 1 is 1.50 bits per heavy atom. The fourth-order valence-electron chi connectivity index (χ4n) is 1.54. The molecule has 0 saturated carbocycles. The smallest absolute Gasteiger partial charge is 0.0592 e. The monoisotopic (exact) mass is 256 g/mol. The van der Waals surface area contributed by atoms with Crippen LogP contribution in [0.2, 0.25) is 0 Å². The topological polar surface area (TPSA) is 16.1 Å². The third-order valence-corrected chi connectivity index (χ3v) is 3.14. The number of aromatic nitrogens is 1. The SMILES string of the molecule is CCC(C)N(CC)c1ccncc1Br. The third kappa shape index (κ3) is 2.47. The molecule has 0 saturated heterocycles. The van der Waals surface area contributed by atoms with Crippen LogP contribution in [-0.4, -0.2) is 17.6 Å². The molecular formula is C11H17BrN2. The van der Waals surface area contributed by atoms with E-state index in [1.54, 1.807) is 0 Å². The molecular weight excluding hydrogens is 240 g/mol. The Hall–Kier alpha value is -0.570. The molecule has 0 aromatic carbocycles. The Labute approximate surface area is 94.5 Å². The van der Waals surface area contributed by atoms with E-state index in [9.17, 15) is 0 Å². The van der Waals surface area contributed by atoms with Gasteiger partial charge in [-0.25, -0.2) is 0 Å². The van der Waals surface area contributed by atoms with Crippen LogP contribution in [0.1, 0.15) is 27.2 Å². The van der Waals surface area contributed by atoms with E-state index >= 15 is 0 Å². The van der Waals surface area contributed by atoms with Crippen molar-refractivity contribution in [3.8, 4) is 0 Å². The molecule has 3 heteroatoms. The summed E-state index contributed by atoms with van der Waals surface area (Å²) >= 11 is 3.53. The first-order chi connectivity index (χ1) is 6.70. The van der Waals surface area contributed by atoms with E-state index in [1.807, 2.05) is 12.4 Å². The van der Waals surface area contributed by atoms with Gasteiger partial charge in [-0.2, -0.15) is 0 Å². The summed E-state index contributed by atoms with van der Waals surface area (Å²) in [7, 11) is 0. The molecule has 0 aliphatic rings. The predicted octanol–water partition coefficient (Wildman–Crippen LogP) is 3.47. The molecule has 1 aromatic heterocycles. The van der Waals surface area contributed by atoms with Gasteiger partial charge in [-0.15, -0.1) is 0 Å². The average molecular weight is 257 g/mol. The van der Waals surface area contributed by atoms with Crippen molar-refractivity contribution < 1.29 is 0 Å². The van der Waals surface area contributed by atoms with Crippen molar-refractivity contribution in [2.45, 2.75) is 33.2 Å². The van der Waals surface area contributed by atoms with Crippen LogP contribution in [0.4, 0.5) is 5.69 Å². The van der Waals surface area contributed by atoms with Crippen molar-refractivity contribution in [2.75, 3.05) is 11.4 Å². The molecule has 1 unspecified atom stereocenters. The number of hydrogen-bond donors (Lipinski definition) is 0. The number of rotatable bonds is 4. The summed E-state index contributed by atoms with van der Waals surface area (Å²) in [5.41, 5.74) is 1.23. The maximum Gasteiger partial charge on any atom is 0.0592 e. The van der Waals surface area contributed by atoms with Crippen LogP contribution in [0.3, 0.4) is 0 Å². The van der Waals surface area contributed by atoms with E-state index in [-0.39, 0.29) is 0 Å². The largest absolute Gasteiger partial charge is 0.368 e. The Balaban J connectivity index is 2.94. The Kier molecular flexibility index (Phi) is 4.39. The van der Waals surface area contributed by atoms with Crippen molar-refractivity contribution in [1.82, 2.24) is 4.98 Å². The molecule has 0 spiro atoms. The fourth-order valence-corrected chi connectivity index (χ4v) is 2.02. The fraction of sp³-hybridized carbons (Fsp3) is 0.545. The summed E-state index contributed by atoms with van der Waals surface area (Å²) in [6.07, 6.45) is 4.84. The number of hydrogen-bond acceptors (Lipinski definition) is 2. The summed E-state index contributed by atoms with van der Waals surface area (Å²) < 4.78 is 1.07. The van der Waals surface area contributed by atoms with Crippen LogP contribution >= 0.6 is 15.9 Å². The van der Waals surface area contributed by atoms with Gasteiger partial charge in [0.05, 0.1) is 10.2 Å². The lowest BCUT2D eigenvalue weighted by atomic mass is 10.2. The minimum absolute atomic E-state index is 0.568. The Morgan fingerprint density at radius 2 is 2.21 bits per heavy atom. The number of anilines is 1. The maximum atomic E-state index is 4.07. The van der Waals surface area contributed by atoms with Crippen LogP contribution in [0.15, 0.2) is 22.9 Å². The van der Waals surface area contributed by atoms with Gasteiger partial charge in [-0.1, -0.05) is 6.92 Å². The summed E-state index contributed by atoms with van der Waals surface area (Å²) in [6, 6.07) is 2.62. The molecule has 2 nitrogen and oxygen atoms in total. The zero-order valence-corrected chi connectivity index (χ0v) is 10.6. The third-order valence-electron chi connectivity index (χ3n) is 2.52. The van der Waals surface area contributed by atoms with Crippen LogP contribution in [0.25, 0.3) is 0 Å². The average Bonchev–Trinajstić information content (AvgIpc) is 2.21. The van der Waals surface area contributed by atoms with Gasteiger partial charge in [-0.3, -0.25) is 4.98 Å². The van der Waals surface area contributed by atoms with E-state index in [0.29, 0.717) is 6.04 Å². The summed E-state index contributed by atoms with van der Waals surface area (Å²) in [5, 5.41) is 0. The molecule has 0 aliphatic heterocycles. The van der Waals surface area contributed by atoms with Crippen molar-refractivity contribution in [1.29, 1.82) is 0 Å². The van der Waals surface area contributed by atoms with Gasteiger partial charge in [0, 0.05) is 25.0 Å². The summed E-state index contributed by atoms with van der Waals surface area (Å²) in [4.78, 5) is 6.45. The van der Waals surface area contributed by atoms with E-state index in [0.717, 1.165) is 17.4 Å². The first kappa shape index (κ1) is 11.5. The van der Waals surface area contributed by atoms with Crippen LogP contribution < -0.4 is 4.90 Å². The predicted molar refractivity (Wildman–Crippen MR) is 64.7 cm³/mol. The minimum Gasteiger partial charge on any atom is -0.368 e. The number of halogens is 1. The maximum absolute atomic E-state index is 4.07. The standard InChI is InChI=1S/C11H17BrN2/c1-4-9(3)14(5-2)11-6-7-13-8-10(11)12/h6-9H,4-5H2,1-3H3. The van der Waals surface area contributed by atoms with Crippen molar-refractivity contribution >= 4 is 21.6 Å². The van der Waals surface area contributed by atoms with Gasteiger partial charge < -0.3 is 4.90 Å². The van der Waals surface area contributed by atoms with E-state index in [4.69, 9.17) is 0 Å². The first-order valence-electron chi connectivity index (χ1n) is 5.06. The summed E-state index contributed by atoms with van der Waals surface area (Å²) in [5.74, 6) is 0. The van der Waals surface area contributed by atoms with Crippen LogP contribution in [0.5, 0.6) is 0 Å². The molecule has 78 valence electrons. The molecule has 1 atom stereocenters. The van der Waals surface area contributed by atoms with Crippen LogP contribution in [-0.2, 0) is 0 Å². The number of pyridine rings is 1. The van der Waals surface area contributed by atoms with Gasteiger partial charge in [0.2, 0.25) is 0 Å². The summed E-state index contributed by atoms with van der Waals surface area (Å²) in [6.45, 7) is 7.66. The number of nitrogens with zero attached hydrogens (tertiary/aromatic N) is 2. The van der Waals surface area contributed by atoms with E-state index < -0.39 is 0 Å². The van der Waals surface area contributed by atoms with Crippen molar-refractivity contribution in [3.63, 3.8) is 0 Å². The highest BCUT2D eigenvalue weighted by Crippen LogP contribution is 2.26. The molecule has 0 fully saturated rings. The quantitative estimate of drug-likeness (QED) is 0.821. The molecule has 0 amide bonds. The zero-order chi connectivity index (χ0) is 10.6.